The Kier molecular flexibility index (Phi) is 8.27. The first-order valence-corrected chi connectivity index (χ1v) is 12.7. The standard InChI is InChI=1S/C23H20F7N3O4S/c24-16-7-5-14(6-8-16)19(22(25,26)27)32-17(20(34)33-21(13-31)9-10-21)12-38(35,36)11-15-3-1-2-4-18(15)37-23(28,29)30/h1-8,17,19,32H,9-12H2,(H,33,34)/t17-,19-/m0/s1. The van der Waals surface area contributed by atoms with Crippen molar-refractivity contribution in [3.63, 3.8) is 0 Å². The van der Waals surface area contributed by atoms with Gasteiger partial charge in [0.15, 0.2) is 9.84 Å². The highest BCUT2D eigenvalue weighted by atomic mass is 32.2. The van der Waals surface area contributed by atoms with Crippen molar-refractivity contribution in [3.05, 3.63) is 65.5 Å². The maximum atomic E-state index is 13.9. The maximum Gasteiger partial charge on any atom is 0.573 e. The van der Waals surface area contributed by atoms with E-state index in [1.807, 2.05) is 5.32 Å². The molecule has 38 heavy (non-hydrogen) atoms. The van der Waals surface area contributed by atoms with Crippen LogP contribution in [0.15, 0.2) is 48.5 Å². The van der Waals surface area contributed by atoms with Crippen molar-refractivity contribution in [1.29, 1.82) is 5.26 Å². The summed E-state index contributed by atoms with van der Waals surface area (Å²) >= 11 is 0. The molecule has 15 heteroatoms. The molecule has 1 fully saturated rings. The summed E-state index contributed by atoms with van der Waals surface area (Å²) in [7, 11) is -4.56. The third kappa shape index (κ3) is 8.06. The second-order valence-corrected chi connectivity index (χ2v) is 10.7. The third-order valence-corrected chi connectivity index (χ3v) is 7.13. The Balaban J connectivity index is 1.92. The molecule has 2 N–H and O–H groups in total. The number of ether oxygens (including phenoxy) is 1. The van der Waals surface area contributed by atoms with E-state index in [-0.39, 0.29) is 12.8 Å². The minimum absolute atomic E-state index is 0.192. The van der Waals surface area contributed by atoms with Gasteiger partial charge in [-0.25, -0.2) is 12.8 Å². The number of halogens is 7. The van der Waals surface area contributed by atoms with Gasteiger partial charge in [-0.1, -0.05) is 30.3 Å². The molecule has 0 bridgehead atoms. The summed E-state index contributed by atoms with van der Waals surface area (Å²) < 4.78 is 123. The number of nitrogens with zero attached hydrogens (tertiary/aromatic N) is 1. The van der Waals surface area contributed by atoms with Crippen LogP contribution >= 0.6 is 0 Å². The van der Waals surface area contributed by atoms with Crippen LogP contribution in [-0.2, 0) is 20.4 Å². The lowest BCUT2D eigenvalue weighted by Crippen LogP contribution is -2.54. The molecule has 1 aliphatic rings. The zero-order valence-electron chi connectivity index (χ0n) is 19.2. The van der Waals surface area contributed by atoms with Crippen LogP contribution in [0, 0.1) is 17.1 Å². The van der Waals surface area contributed by atoms with Gasteiger partial charge in [-0.2, -0.15) is 18.4 Å². The molecule has 2 aromatic carbocycles. The van der Waals surface area contributed by atoms with E-state index < -0.39 is 80.1 Å². The van der Waals surface area contributed by atoms with Crippen LogP contribution in [0.1, 0.15) is 30.0 Å². The predicted octanol–water partition coefficient (Wildman–Crippen LogP) is 4.07. The van der Waals surface area contributed by atoms with Crippen molar-refractivity contribution in [2.75, 3.05) is 5.75 Å². The van der Waals surface area contributed by atoms with Gasteiger partial charge in [0.05, 0.1) is 17.6 Å². The Morgan fingerprint density at radius 3 is 2.18 bits per heavy atom. The molecule has 0 unspecified atom stereocenters. The molecule has 2 aromatic rings. The van der Waals surface area contributed by atoms with Crippen molar-refractivity contribution in [2.24, 2.45) is 0 Å². The van der Waals surface area contributed by atoms with Crippen LogP contribution in [0.2, 0.25) is 0 Å². The minimum atomic E-state index is -5.14. The molecule has 0 spiro atoms. The van der Waals surface area contributed by atoms with E-state index in [4.69, 9.17) is 0 Å². The van der Waals surface area contributed by atoms with Crippen molar-refractivity contribution in [2.45, 2.75) is 48.8 Å². The summed E-state index contributed by atoms with van der Waals surface area (Å²) in [6.45, 7) is 0. The normalized spacial score (nSPS) is 16.7. The molecule has 3 rings (SSSR count). The molecule has 0 aromatic heterocycles. The Morgan fingerprint density at radius 2 is 1.66 bits per heavy atom. The first-order chi connectivity index (χ1) is 17.5. The van der Waals surface area contributed by atoms with E-state index in [1.165, 1.54) is 6.07 Å². The zero-order valence-corrected chi connectivity index (χ0v) is 20.1. The smallest absolute Gasteiger partial charge is 0.405 e. The van der Waals surface area contributed by atoms with E-state index in [9.17, 15) is 49.2 Å². The number of sulfone groups is 1. The fourth-order valence-corrected chi connectivity index (χ4v) is 5.13. The van der Waals surface area contributed by atoms with Crippen molar-refractivity contribution >= 4 is 15.7 Å². The Morgan fingerprint density at radius 1 is 1.05 bits per heavy atom. The van der Waals surface area contributed by atoms with Crippen molar-refractivity contribution in [1.82, 2.24) is 10.6 Å². The summed E-state index contributed by atoms with van der Waals surface area (Å²) in [6, 6.07) is 4.44. The number of hydrogen-bond acceptors (Lipinski definition) is 6. The Labute approximate surface area is 212 Å². The van der Waals surface area contributed by atoms with Crippen molar-refractivity contribution < 1.29 is 48.7 Å². The van der Waals surface area contributed by atoms with Gasteiger partial charge >= 0.3 is 12.5 Å². The molecule has 1 aliphatic carbocycles. The van der Waals surface area contributed by atoms with Crippen molar-refractivity contribution in [3.8, 4) is 11.8 Å². The first-order valence-electron chi connectivity index (χ1n) is 10.9. The molecule has 0 heterocycles. The van der Waals surface area contributed by atoms with Crippen LogP contribution in [-0.4, -0.2) is 44.2 Å². The molecule has 0 saturated heterocycles. The lowest BCUT2D eigenvalue weighted by Gasteiger charge is -2.28. The van der Waals surface area contributed by atoms with Gasteiger partial charge in [0.1, 0.15) is 29.2 Å². The summed E-state index contributed by atoms with van der Waals surface area (Å²) in [4.78, 5) is 12.9. The fourth-order valence-electron chi connectivity index (χ4n) is 3.55. The molecule has 0 radical (unpaired) electrons. The monoisotopic (exact) mass is 567 g/mol. The highest BCUT2D eigenvalue weighted by Gasteiger charge is 2.48. The van der Waals surface area contributed by atoms with Crippen LogP contribution in [0.25, 0.3) is 0 Å². The number of carbonyl (C=O) groups excluding carboxylic acids is 1. The minimum Gasteiger partial charge on any atom is -0.405 e. The number of amides is 1. The summed E-state index contributed by atoms with van der Waals surface area (Å²) in [5, 5.41) is 13.4. The van der Waals surface area contributed by atoms with E-state index in [0.29, 0.717) is 0 Å². The van der Waals surface area contributed by atoms with Crippen LogP contribution < -0.4 is 15.4 Å². The quantitative estimate of drug-likeness (QED) is 0.419. The number of carbonyl (C=O) groups is 1. The number of alkyl halides is 6. The van der Waals surface area contributed by atoms with Gasteiger partial charge in [0.25, 0.3) is 0 Å². The average molecular weight is 567 g/mol. The van der Waals surface area contributed by atoms with Gasteiger partial charge in [0, 0.05) is 5.56 Å². The highest BCUT2D eigenvalue weighted by molar-refractivity contribution is 7.90. The number of rotatable bonds is 10. The Bertz CT molecular complexity index is 1300. The number of para-hydroxylation sites is 1. The second-order valence-electron chi connectivity index (χ2n) is 8.64. The second kappa shape index (κ2) is 10.8. The zero-order chi connectivity index (χ0) is 28.4. The summed E-state index contributed by atoms with van der Waals surface area (Å²) in [5.74, 6) is -5.27. The third-order valence-electron chi connectivity index (χ3n) is 5.54. The highest BCUT2D eigenvalue weighted by Crippen LogP contribution is 2.36. The number of nitrogens with one attached hydrogen (secondary N) is 2. The Hall–Kier alpha value is -3.38. The molecule has 206 valence electrons. The van der Waals surface area contributed by atoms with Gasteiger partial charge < -0.3 is 10.1 Å². The van der Waals surface area contributed by atoms with E-state index >= 15 is 0 Å². The molecule has 1 amide bonds. The van der Waals surface area contributed by atoms with Gasteiger partial charge in [-0.3, -0.25) is 10.1 Å². The number of nitriles is 1. The molecule has 1 saturated carbocycles. The lowest BCUT2D eigenvalue weighted by molar-refractivity contribution is -0.274. The predicted molar refractivity (Wildman–Crippen MR) is 118 cm³/mol. The lowest BCUT2D eigenvalue weighted by atomic mass is 10.0. The summed E-state index contributed by atoms with van der Waals surface area (Å²) in [5.41, 5.74) is -2.33. The largest absolute Gasteiger partial charge is 0.573 e. The van der Waals surface area contributed by atoms with Gasteiger partial charge in [-0.15, -0.1) is 13.2 Å². The number of benzene rings is 2. The first kappa shape index (κ1) is 29.2. The SMILES string of the molecule is N#CC1(NC(=O)[C@H](CS(=O)(=O)Cc2ccccc2OC(F)(F)F)N[C@@H](c2ccc(F)cc2)C(F)(F)F)CC1. The molecular weight excluding hydrogens is 547 g/mol. The van der Waals surface area contributed by atoms with Gasteiger partial charge in [0.2, 0.25) is 5.91 Å². The van der Waals surface area contributed by atoms with Crippen LogP contribution in [0.3, 0.4) is 0 Å². The van der Waals surface area contributed by atoms with Gasteiger partial charge in [-0.05, 0) is 36.6 Å². The molecular formula is C23H20F7N3O4S. The topological polar surface area (TPSA) is 108 Å². The molecule has 2 atom stereocenters. The summed E-state index contributed by atoms with van der Waals surface area (Å²) in [6.07, 6.45) is -9.83. The van der Waals surface area contributed by atoms with Crippen LogP contribution in [0.4, 0.5) is 30.7 Å². The van der Waals surface area contributed by atoms with E-state index in [1.54, 1.807) is 6.07 Å². The fraction of sp³-hybridized carbons (Fsp3) is 0.391. The van der Waals surface area contributed by atoms with E-state index in [0.717, 1.165) is 42.5 Å². The van der Waals surface area contributed by atoms with E-state index in [2.05, 4.69) is 10.1 Å². The molecule has 0 aliphatic heterocycles. The number of hydrogen-bond donors (Lipinski definition) is 2. The average Bonchev–Trinajstić information content (AvgIpc) is 3.56. The maximum absolute atomic E-state index is 13.9. The van der Waals surface area contributed by atoms with Crippen LogP contribution in [0.5, 0.6) is 5.75 Å². The molecule has 7 nitrogen and oxygen atoms in total.